The molecule has 0 amide bonds. The molecule has 4 nitrogen and oxygen atoms in total. The van der Waals surface area contributed by atoms with Gasteiger partial charge in [-0.25, -0.2) is 4.79 Å². The molecule has 0 saturated carbocycles. The van der Waals surface area contributed by atoms with E-state index in [9.17, 15) is 9.90 Å². The molecule has 0 bridgehead atoms. The van der Waals surface area contributed by atoms with Crippen LogP contribution in [0.3, 0.4) is 0 Å². The van der Waals surface area contributed by atoms with Gasteiger partial charge in [0.15, 0.2) is 6.10 Å². The molecule has 0 aliphatic heterocycles. The molecule has 4 heteroatoms. The lowest BCUT2D eigenvalue weighted by molar-refractivity contribution is -0.146. The summed E-state index contributed by atoms with van der Waals surface area (Å²) >= 11 is 0. The van der Waals surface area contributed by atoms with Gasteiger partial charge in [0.05, 0.1) is 0 Å². The molecule has 0 saturated heterocycles. The van der Waals surface area contributed by atoms with E-state index in [1.54, 1.807) is 24.3 Å². The summed E-state index contributed by atoms with van der Waals surface area (Å²) < 4.78 is 0. The number of aliphatic hydroxyl groups excluding tert-OH is 2. The Bertz CT molecular complexity index is 322. The molecule has 76 valence electrons. The minimum absolute atomic E-state index is 0.00657. The maximum absolute atomic E-state index is 10.5. The van der Waals surface area contributed by atoms with Crippen LogP contribution in [0.15, 0.2) is 24.3 Å². The molecule has 14 heavy (non-hydrogen) atoms. The number of hydrogen-bond donors (Lipinski definition) is 3. The van der Waals surface area contributed by atoms with Gasteiger partial charge in [-0.1, -0.05) is 24.3 Å². The van der Waals surface area contributed by atoms with Crippen molar-refractivity contribution in [3.63, 3.8) is 0 Å². The molecule has 1 atom stereocenters. The smallest absolute Gasteiger partial charge is 0.337 e. The number of aliphatic carboxylic acids is 1. The molecule has 0 aliphatic carbocycles. The molecule has 0 aliphatic rings. The Morgan fingerprint density at radius 1 is 1.43 bits per heavy atom. The van der Waals surface area contributed by atoms with Crippen LogP contribution in [0.1, 0.15) is 17.2 Å². The van der Waals surface area contributed by atoms with Gasteiger partial charge in [0.25, 0.3) is 0 Å². The monoisotopic (exact) mass is 196 g/mol. The quantitative estimate of drug-likeness (QED) is 0.649. The van der Waals surface area contributed by atoms with Crippen molar-refractivity contribution in [1.82, 2.24) is 0 Å². The lowest BCUT2D eigenvalue weighted by Gasteiger charge is -2.07. The average Bonchev–Trinajstić information content (AvgIpc) is 2.17. The van der Waals surface area contributed by atoms with Gasteiger partial charge in [-0.15, -0.1) is 0 Å². The third-order valence-electron chi connectivity index (χ3n) is 1.90. The number of carboxylic acid groups (broad SMARTS) is 1. The number of benzene rings is 1. The molecule has 1 aromatic rings. The fraction of sp³-hybridized carbons (Fsp3) is 0.300. The molecule has 0 spiro atoms. The Morgan fingerprint density at radius 2 is 2.14 bits per heavy atom. The van der Waals surface area contributed by atoms with Crippen LogP contribution in [0.5, 0.6) is 0 Å². The Labute approximate surface area is 81.4 Å². The largest absolute Gasteiger partial charge is 0.479 e. The van der Waals surface area contributed by atoms with Crippen LogP contribution in [0, 0.1) is 0 Å². The predicted octanol–water partition coefficient (Wildman–Crippen LogP) is 0.339. The topological polar surface area (TPSA) is 77.8 Å². The first-order valence-electron chi connectivity index (χ1n) is 4.25. The third kappa shape index (κ3) is 2.55. The Kier molecular flexibility index (Phi) is 3.62. The van der Waals surface area contributed by atoms with Gasteiger partial charge in [0, 0.05) is 6.61 Å². The highest BCUT2D eigenvalue weighted by atomic mass is 16.4. The van der Waals surface area contributed by atoms with Gasteiger partial charge in [0.1, 0.15) is 0 Å². The zero-order valence-electron chi connectivity index (χ0n) is 7.55. The third-order valence-corrected chi connectivity index (χ3v) is 1.90. The van der Waals surface area contributed by atoms with Gasteiger partial charge < -0.3 is 15.3 Å². The normalized spacial score (nSPS) is 12.4. The molecular weight excluding hydrogens is 184 g/mol. The zero-order valence-corrected chi connectivity index (χ0v) is 7.55. The lowest BCUT2D eigenvalue weighted by atomic mass is 10.0. The van der Waals surface area contributed by atoms with Crippen molar-refractivity contribution in [2.75, 3.05) is 6.61 Å². The Balaban J connectivity index is 2.87. The SMILES string of the molecule is O=C(O)C(O)c1cccc(CCO)c1. The van der Waals surface area contributed by atoms with Gasteiger partial charge in [-0.3, -0.25) is 0 Å². The summed E-state index contributed by atoms with van der Waals surface area (Å²) in [5, 5.41) is 26.5. The van der Waals surface area contributed by atoms with E-state index in [0.717, 1.165) is 5.56 Å². The van der Waals surface area contributed by atoms with Crippen LogP contribution in [-0.2, 0) is 11.2 Å². The van der Waals surface area contributed by atoms with E-state index in [1.807, 2.05) is 0 Å². The number of aliphatic hydroxyl groups is 2. The van der Waals surface area contributed by atoms with E-state index in [-0.39, 0.29) is 6.61 Å². The van der Waals surface area contributed by atoms with Crippen LogP contribution < -0.4 is 0 Å². The van der Waals surface area contributed by atoms with Gasteiger partial charge >= 0.3 is 5.97 Å². The Morgan fingerprint density at radius 3 is 2.71 bits per heavy atom. The number of carbonyl (C=O) groups is 1. The summed E-state index contributed by atoms with van der Waals surface area (Å²) in [5.74, 6) is -1.27. The van der Waals surface area contributed by atoms with Crippen molar-refractivity contribution >= 4 is 5.97 Å². The molecule has 0 heterocycles. The van der Waals surface area contributed by atoms with E-state index in [2.05, 4.69) is 0 Å². The van der Waals surface area contributed by atoms with E-state index in [4.69, 9.17) is 10.2 Å². The first-order chi connectivity index (χ1) is 6.65. The maximum Gasteiger partial charge on any atom is 0.337 e. The summed E-state index contributed by atoms with van der Waals surface area (Å²) in [5.41, 5.74) is 1.15. The van der Waals surface area contributed by atoms with Crippen molar-refractivity contribution < 1.29 is 20.1 Å². The van der Waals surface area contributed by atoms with E-state index >= 15 is 0 Å². The second-order valence-electron chi connectivity index (χ2n) is 2.96. The lowest BCUT2D eigenvalue weighted by Crippen LogP contribution is -2.10. The molecule has 0 radical (unpaired) electrons. The van der Waals surface area contributed by atoms with Crippen LogP contribution in [0.25, 0.3) is 0 Å². The molecule has 3 N–H and O–H groups in total. The predicted molar refractivity (Wildman–Crippen MR) is 49.8 cm³/mol. The highest BCUT2D eigenvalue weighted by Gasteiger charge is 2.15. The van der Waals surface area contributed by atoms with Gasteiger partial charge in [-0.05, 0) is 17.5 Å². The summed E-state index contributed by atoms with van der Waals surface area (Å²) in [6, 6.07) is 6.55. The van der Waals surface area contributed by atoms with Crippen LogP contribution in [-0.4, -0.2) is 27.9 Å². The minimum Gasteiger partial charge on any atom is -0.479 e. The van der Waals surface area contributed by atoms with Gasteiger partial charge in [-0.2, -0.15) is 0 Å². The van der Waals surface area contributed by atoms with E-state index in [1.165, 1.54) is 0 Å². The summed E-state index contributed by atoms with van der Waals surface area (Å²) in [7, 11) is 0. The van der Waals surface area contributed by atoms with E-state index in [0.29, 0.717) is 12.0 Å². The molecular formula is C10H12O4. The average molecular weight is 196 g/mol. The van der Waals surface area contributed by atoms with E-state index < -0.39 is 12.1 Å². The number of carboxylic acids is 1. The zero-order chi connectivity index (χ0) is 10.6. The van der Waals surface area contributed by atoms with Crippen molar-refractivity contribution in [3.05, 3.63) is 35.4 Å². The highest BCUT2D eigenvalue weighted by molar-refractivity contribution is 5.74. The number of rotatable bonds is 4. The van der Waals surface area contributed by atoms with Crippen LogP contribution in [0.4, 0.5) is 0 Å². The standard InChI is InChI=1S/C10H12O4/c11-5-4-7-2-1-3-8(6-7)9(12)10(13)14/h1-3,6,9,11-12H,4-5H2,(H,13,14). The fourth-order valence-corrected chi connectivity index (χ4v) is 1.19. The second kappa shape index (κ2) is 4.74. The summed E-state index contributed by atoms with van der Waals surface area (Å²) in [6.07, 6.45) is -1.03. The first kappa shape index (κ1) is 10.7. The fourth-order valence-electron chi connectivity index (χ4n) is 1.19. The molecule has 0 aromatic heterocycles. The van der Waals surface area contributed by atoms with Crippen molar-refractivity contribution in [1.29, 1.82) is 0 Å². The molecule has 1 aromatic carbocycles. The van der Waals surface area contributed by atoms with Crippen molar-refractivity contribution in [2.24, 2.45) is 0 Å². The first-order valence-corrected chi connectivity index (χ1v) is 4.25. The minimum atomic E-state index is -1.49. The summed E-state index contributed by atoms with van der Waals surface area (Å²) in [6.45, 7) is 0.00657. The second-order valence-corrected chi connectivity index (χ2v) is 2.96. The summed E-state index contributed by atoms with van der Waals surface area (Å²) in [4.78, 5) is 10.5. The maximum atomic E-state index is 10.5. The highest BCUT2D eigenvalue weighted by Crippen LogP contribution is 2.14. The molecule has 1 unspecified atom stereocenters. The van der Waals surface area contributed by atoms with Crippen LogP contribution >= 0.6 is 0 Å². The Hall–Kier alpha value is -1.39. The van der Waals surface area contributed by atoms with Crippen molar-refractivity contribution in [3.8, 4) is 0 Å². The molecule has 0 fully saturated rings. The molecule has 1 rings (SSSR count). The van der Waals surface area contributed by atoms with Gasteiger partial charge in [0.2, 0.25) is 0 Å². The van der Waals surface area contributed by atoms with Crippen LogP contribution in [0.2, 0.25) is 0 Å². The number of hydrogen-bond acceptors (Lipinski definition) is 3. The van der Waals surface area contributed by atoms with Crippen molar-refractivity contribution in [2.45, 2.75) is 12.5 Å².